The second-order valence-electron chi connectivity index (χ2n) is 4.10. The van der Waals surface area contributed by atoms with Crippen molar-refractivity contribution in [1.29, 1.82) is 0 Å². The Hall–Kier alpha value is -1.48. The van der Waals surface area contributed by atoms with Gasteiger partial charge in [0.1, 0.15) is 18.1 Å². The number of hydrogen-bond donors (Lipinski definition) is 1. The van der Waals surface area contributed by atoms with Crippen LogP contribution in [0.25, 0.3) is 0 Å². The molecule has 0 aliphatic carbocycles. The van der Waals surface area contributed by atoms with Crippen molar-refractivity contribution in [3.8, 4) is 11.5 Å². The van der Waals surface area contributed by atoms with E-state index in [1.807, 2.05) is 25.2 Å². The van der Waals surface area contributed by atoms with Crippen molar-refractivity contribution in [3.63, 3.8) is 0 Å². The Labute approximate surface area is 103 Å². The summed E-state index contributed by atoms with van der Waals surface area (Å²) in [7, 11) is 3.58. The molecule has 0 fully saturated rings. The lowest BCUT2D eigenvalue weighted by Crippen LogP contribution is -2.08. The third kappa shape index (κ3) is 4.49. The highest BCUT2D eigenvalue weighted by Crippen LogP contribution is 2.24. The van der Waals surface area contributed by atoms with Crippen LogP contribution in [0.3, 0.4) is 0 Å². The number of hydrogen-bond acceptors (Lipinski definition) is 3. The number of allylic oxidation sites excluding steroid dienone is 1. The Morgan fingerprint density at radius 1 is 1.35 bits per heavy atom. The first-order valence-corrected chi connectivity index (χ1v) is 5.75. The van der Waals surface area contributed by atoms with Gasteiger partial charge in [-0.2, -0.15) is 0 Å². The van der Waals surface area contributed by atoms with Crippen LogP contribution in [-0.2, 0) is 6.54 Å². The summed E-state index contributed by atoms with van der Waals surface area (Å²) in [5.41, 5.74) is 2.36. The summed E-state index contributed by atoms with van der Waals surface area (Å²) < 4.78 is 10.9. The molecule has 1 aromatic carbocycles. The molecule has 3 nitrogen and oxygen atoms in total. The van der Waals surface area contributed by atoms with Gasteiger partial charge in [-0.1, -0.05) is 5.57 Å². The summed E-state index contributed by atoms with van der Waals surface area (Å²) in [5.74, 6) is 1.75. The molecule has 0 saturated carbocycles. The Balaban J connectivity index is 2.78. The lowest BCUT2D eigenvalue weighted by atomic mass is 10.2. The van der Waals surface area contributed by atoms with Gasteiger partial charge in [0.25, 0.3) is 0 Å². The quantitative estimate of drug-likeness (QED) is 0.769. The third-order valence-corrected chi connectivity index (χ3v) is 2.37. The molecule has 1 N–H and O–H groups in total. The van der Waals surface area contributed by atoms with E-state index in [4.69, 9.17) is 9.47 Å². The summed E-state index contributed by atoms with van der Waals surface area (Å²) in [6.45, 7) is 5.49. The SMILES string of the molecule is CNCc1cc(OC)ccc1OCC=C(C)C. The van der Waals surface area contributed by atoms with Crippen molar-refractivity contribution >= 4 is 0 Å². The average Bonchev–Trinajstić information content (AvgIpc) is 2.31. The van der Waals surface area contributed by atoms with Gasteiger partial charge in [-0.3, -0.25) is 0 Å². The zero-order valence-corrected chi connectivity index (χ0v) is 11.0. The van der Waals surface area contributed by atoms with Crippen LogP contribution in [0.2, 0.25) is 0 Å². The molecule has 0 spiro atoms. The average molecular weight is 235 g/mol. The Bertz CT molecular complexity index is 382. The molecule has 0 saturated heterocycles. The molecule has 0 radical (unpaired) electrons. The van der Waals surface area contributed by atoms with E-state index in [1.165, 1.54) is 5.57 Å². The second-order valence-corrected chi connectivity index (χ2v) is 4.10. The molecule has 0 bridgehead atoms. The summed E-state index contributed by atoms with van der Waals surface area (Å²) in [5, 5.41) is 3.12. The smallest absolute Gasteiger partial charge is 0.124 e. The van der Waals surface area contributed by atoms with Crippen LogP contribution >= 0.6 is 0 Å². The highest BCUT2D eigenvalue weighted by atomic mass is 16.5. The molecular weight excluding hydrogens is 214 g/mol. The lowest BCUT2D eigenvalue weighted by molar-refractivity contribution is 0.355. The second kappa shape index (κ2) is 6.97. The highest BCUT2D eigenvalue weighted by Gasteiger charge is 2.04. The lowest BCUT2D eigenvalue weighted by Gasteiger charge is -2.11. The van der Waals surface area contributed by atoms with Crippen LogP contribution in [0.1, 0.15) is 19.4 Å². The predicted octanol–water partition coefficient (Wildman–Crippen LogP) is 2.76. The number of nitrogens with one attached hydrogen (secondary N) is 1. The van der Waals surface area contributed by atoms with Gasteiger partial charge in [0, 0.05) is 12.1 Å². The molecule has 0 atom stereocenters. The summed E-state index contributed by atoms with van der Waals surface area (Å²) >= 11 is 0. The highest BCUT2D eigenvalue weighted by molar-refractivity contribution is 5.40. The Kier molecular flexibility index (Phi) is 5.57. The number of rotatable bonds is 6. The molecule has 0 aromatic heterocycles. The monoisotopic (exact) mass is 235 g/mol. The minimum absolute atomic E-state index is 0.603. The fraction of sp³-hybridized carbons (Fsp3) is 0.429. The van der Waals surface area contributed by atoms with Crippen LogP contribution in [0, 0.1) is 0 Å². The maximum atomic E-state index is 5.73. The standard InChI is InChI=1S/C14H21NO2/c1-11(2)7-8-17-14-6-5-13(16-4)9-12(14)10-15-3/h5-7,9,15H,8,10H2,1-4H3. The van der Waals surface area contributed by atoms with E-state index < -0.39 is 0 Å². The third-order valence-electron chi connectivity index (χ3n) is 2.37. The molecule has 0 amide bonds. The molecule has 17 heavy (non-hydrogen) atoms. The molecule has 0 aliphatic heterocycles. The summed E-state index contributed by atoms with van der Waals surface area (Å²) in [6.07, 6.45) is 2.06. The summed E-state index contributed by atoms with van der Waals surface area (Å²) in [6, 6.07) is 5.86. The predicted molar refractivity (Wildman–Crippen MR) is 70.7 cm³/mol. The maximum Gasteiger partial charge on any atom is 0.124 e. The number of methoxy groups -OCH3 is 1. The number of benzene rings is 1. The molecule has 1 aromatic rings. The molecular formula is C14H21NO2. The van der Waals surface area contributed by atoms with E-state index in [9.17, 15) is 0 Å². The van der Waals surface area contributed by atoms with Gasteiger partial charge >= 0.3 is 0 Å². The minimum atomic E-state index is 0.603. The molecule has 0 heterocycles. The van der Waals surface area contributed by atoms with Gasteiger partial charge in [-0.05, 0) is 45.2 Å². The molecule has 0 aliphatic rings. The largest absolute Gasteiger partial charge is 0.497 e. The van der Waals surface area contributed by atoms with Crippen LogP contribution in [0.4, 0.5) is 0 Å². The van der Waals surface area contributed by atoms with Crippen molar-refractivity contribution in [3.05, 3.63) is 35.4 Å². The van der Waals surface area contributed by atoms with Crippen LogP contribution in [0.5, 0.6) is 11.5 Å². The van der Waals surface area contributed by atoms with Gasteiger partial charge in [-0.25, -0.2) is 0 Å². The van der Waals surface area contributed by atoms with E-state index >= 15 is 0 Å². The first-order chi connectivity index (χ1) is 8.17. The van der Waals surface area contributed by atoms with Gasteiger partial charge in [0.15, 0.2) is 0 Å². The molecule has 0 unspecified atom stereocenters. The van der Waals surface area contributed by atoms with Crippen LogP contribution < -0.4 is 14.8 Å². The Morgan fingerprint density at radius 3 is 2.71 bits per heavy atom. The fourth-order valence-electron chi connectivity index (χ4n) is 1.45. The van der Waals surface area contributed by atoms with Gasteiger partial charge in [0.05, 0.1) is 7.11 Å². The minimum Gasteiger partial charge on any atom is -0.497 e. The van der Waals surface area contributed by atoms with Gasteiger partial charge < -0.3 is 14.8 Å². The van der Waals surface area contributed by atoms with Crippen molar-refractivity contribution in [2.75, 3.05) is 20.8 Å². The normalized spacial score (nSPS) is 9.88. The zero-order chi connectivity index (χ0) is 12.7. The van der Waals surface area contributed by atoms with Gasteiger partial charge in [-0.15, -0.1) is 0 Å². The van der Waals surface area contributed by atoms with Crippen molar-refractivity contribution in [2.45, 2.75) is 20.4 Å². The van der Waals surface area contributed by atoms with Crippen molar-refractivity contribution < 1.29 is 9.47 Å². The fourth-order valence-corrected chi connectivity index (χ4v) is 1.45. The summed E-state index contributed by atoms with van der Waals surface area (Å²) in [4.78, 5) is 0. The van der Waals surface area contributed by atoms with E-state index in [0.29, 0.717) is 6.61 Å². The Morgan fingerprint density at radius 2 is 2.12 bits per heavy atom. The topological polar surface area (TPSA) is 30.5 Å². The number of ether oxygens (including phenoxy) is 2. The zero-order valence-electron chi connectivity index (χ0n) is 11.0. The van der Waals surface area contributed by atoms with Crippen LogP contribution in [0.15, 0.2) is 29.8 Å². The first-order valence-electron chi connectivity index (χ1n) is 5.75. The van der Waals surface area contributed by atoms with E-state index in [2.05, 4.69) is 25.2 Å². The van der Waals surface area contributed by atoms with Gasteiger partial charge in [0.2, 0.25) is 0 Å². The molecule has 94 valence electrons. The molecule has 1 rings (SSSR count). The van der Waals surface area contributed by atoms with Crippen LogP contribution in [-0.4, -0.2) is 20.8 Å². The first kappa shape index (κ1) is 13.6. The van der Waals surface area contributed by atoms with E-state index in [1.54, 1.807) is 7.11 Å². The van der Waals surface area contributed by atoms with Crippen molar-refractivity contribution in [2.24, 2.45) is 0 Å². The maximum absolute atomic E-state index is 5.73. The van der Waals surface area contributed by atoms with E-state index in [-0.39, 0.29) is 0 Å². The van der Waals surface area contributed by atoms with E-state index in [0.717, 1.165) is 23.6 Å². The van der Waals surface area contributed by atoms with Crippen molar-refractivity contribution in [1.82, 2.24) is 5.32 Å². The molecule has 3 heteroatoms.